The largest absolute Gasteiger partial charge is 0.492 e. The van der Waals surface area contributed by atoms with Gasteiger partial charge in [-0.1, -0.05) is 0 Å². The van der Waals surface area contributed by atoms with Crippen molar-refractivity contribution in [1.82, 2.24) is 0 Å². The summed E-state index contributed by atoms with van der Waals surface area (Å²) < 4.78 is 43.3. The molecule has 2 aromatic carbocycles. The molecule has 0 bridgehead atoms. The maximum atomic E-state index is 13.9. The fraction of sp³-hybridized carbons (Fsp3) is 0.143. The molecule has 0 radical (unpaired) electrons. The minimum Gasteiger partial charge on any atom is -0.492 e. The van der Waals surface area contributed by atoms with Crippen LogP contribution in [-0.2, 0) is 10.0 Å². The van der Waals surface area contributed by atoms with Gasteiger partial charge < -0.3 is 10.1 Å². The number of primary sulfonamides is 1. The maximum absolute atomic E-state index is 13.9. The summed E-state index contributed by atoms with van der Waals surface area (Å²) in [6.07, 6.45) is 0. The summed E-state index contributed by atoms with van der Waals surface area (Å²) in [6, 6.07) is 7.64. The molecule has 0 atom stereocenters. The van der Waals surface area contributed by atoms with Gasteiger partial charge in [0, 0.05) is 9.26 Å². The van der Waals surface area contributed by atoms with E-state index in [1.807, 2.05) is 19.1 Å². The Balaban J connectivity index is 2.64. The van der Waals surface area contributed by atoms with Crippen molar-refractivity contribution in [2.75, 3.05) is 12.4 Å². The van der Waals surface area contributed by atoms with E-state index >= 15 is 0 Å². The van der Waals surface area contributed by atoms with E-state index in [-0.39, 0.29) is 16.3 Å². The molecule has 0 fully saturated rings. The van der Waals surface area contributed by atoms with Crippen molar-refractivity contribution in [2.24, 2.45) is 5.14 Å². The number of benzene rings is 2. The van der Waals surface area contributed by atoms with Crippen LogP contribution in [0, 0.1) is 16.3 Å². The summed E-state index contributed by atoms with van der Waals surface area (Å²) in [5.74, 6) is -0.884. The first-order chi connectivity index (χ1) is 10.2. The lowest BCUT2D eigenvalue weighted by Gasteiger charge is -2.17. The lowest BCUT2D eigenvalue weighted by atomic mass is 10.2. The number of anilines is 2. The third kappa shape index (κ3) is 3.50. The van der Waals surface area contributed by atoms with Gasteiger partial charge in [0.15, 0.2) is 11.6 Å². The van der Waals surface area contributed by atoms with Gasteiger partial charge in [0.1, 0.15) is 10.6 Å². The standard InChI is InChI=1S/C14H14FIN2O3S/c1-8-7-9(16)3-5-11(8)18-13-12(22(17,19)20)6-4-10(15)14(13)21-2/h3-7,18H,1-2H3,(H2,17,19,20). The lowest BCUT2D eigenvalue weighted by Crippen LogP contribution is -2.15. The molecule has 0 amide bonds. The van der Waals surface area contributed by atoms with Gasteiger partial charge in [-0.15, -0.1) is 0 Å². The Bertz CT molecular complexity index is 825. The Morgan fingerprint density at radius 2 is 1.95 bits per heavy atom. The quantitative estimate of drug-likeness (QED) is 0.722. The molecule has 0 heterocycles. The molecule has 0 aliphatic carbocycles. The second kappa shape index (κ2) is 6.39. The second-order valence-electron chi connectivity index (χ2n) is 4.58. The van der Waals surface area contributed by atoms with E-state index in [1.165, 1.54) is 7.11 Å². The monoisotopic (exact) mass is 436 g/mol. The van der Waals surface area contributed by atoms with Crippen LogP contribution in [0.3, 0.4) is 0 Å². The van der Waals surface area contributed by atoms with Gasteiger partial charge >= 0.3 is 0 Å². The van der Waals surface area contributed by atoms with Crippen LogP contribution in [0.25, 0.3) is 0 Å². The van der Waals surface area contributed by atoms with Gasteiger partial charge in [-0.2, -0.15) is 0 Å². The first-order valence-corrected chi connectivity index (χ1v) is 8.79. The molecule has 22 heavy (non-hydrogen) atoms. The summed E-state index contributed by atoms with van der Waals surface area (Å²) in [6.45, 7) is 1.85. The van der Waals surface area contributed by atoms with E-state index in [4.69, 9.17) is 9.88 Å². The van der Waals surface area contributed by atoms with Crippen LogP contribution >= 0.6 is 22.6 Å². The third-order valence-electron chi connectivity index (χ3n) is 3.03. The van der Waals surface area contributed by atoms with Crippen molar-refractivity contribution in [1.29, 1.82) is 0 Å². The highest BCUT2D eigenvalue weighted by atomic mass is 127. The molecule has 5 nitrogen and oxygen atoms in total. The Morgan fingerprint density at radius 3 is 2.50 bits per heavy atom. The summed E-state index contributed by atoms with van der Waals surface area (Å²) in [4.78, 5) is -0.233. The Labute approximate surface area is 141 Å². The SMILES string of the molecule is COc1c(F)ccc(S(N)(=O)=O)c1Nc1ccc(I)cc1C. The predicted octanol–water partition coefficient (Wildman–Crippen LogP) is 3.14. The number of methoxy groups -OCH3 is 1. The van der Waals surface area contributed by atoms with E-state index in [0.29, 0.717) is 5.69 Å². The second-order valence-corrected chi connectivity index (χ2v) is 7.36. The molecular weight excluding hydrogens is 422 g/mol. The molecule has 0 unspecified atom stereocenters. The fourth-order valence-electron chi connectivity index (χ4n) is 2.00. The van der Waals surface area contributed by atoms with Gasteiger partial charge in [-0.25, -0.2) is 17.9 Å². The van der Waals surface area contributed by atoms with Crippen molar-refractivity contribution in [2.45, 2.75) is 11.8 Å². The number of nitrogens with one attached hydrogen (secondary N) is 1. The minimum absolute atomic E-state index is 0.0192. The molecule has 3 N–H and O–H groups in total. The number of sulfonamides is 1. The number of halogens is 2. The Kier molecular flexibility index (Phi) is 4.93. The van der Waals surface area contributed by atoms with Crippen LogP contribution in [0.5, 0.6) is 5.75 Å². The van der Waals surface area contributed by atoms with Gasteiger partial charge in [0.25, 0.3) is 0 Å². The summed E-state index contributed by atoms with van der Waals surface area (Å²) in [7, 11) is -2.77. The Hall–Kier alpha value is -1.39. The Morgan fingerprint density at radius 1 is 1.27 bits per heavy atom. The van der Waals surface area contributed by atoms with Crippen LogP contribution in [0.1, 0.15) is 5.56 Å². The normalized spacial score (nSPS) is 11.3. The average molecular weight is 436 g/mol. The minimum atomic E-state index is -4.03. The number of nitrogens with two attached hydrogens (primary N) is 1. The summed E-state index contributed by atoms with van der Waals surface area (Å²) >= 11 is 2.16. The molecule has 8 heteroatoms. The summed E-state index contributed by atoms with van der Waals surface area (Å²) in [5.41, 5.74) is 1.49. The highest BCUT2D eigenvalue weighted by molar-refractivity contribution is 14.1. The van der Waals surface area contributed by atoms with Gasteiger partial charge in [-0.05, 0) is 65.4 Å². The van der Waals surface area contributed by atoms with E-state index in [9.17, 15) is 12.8 Å². The third-order valence-corrected chi connectivity index (χ3v) is 4.65. The highest BCUT2D eigenvalue weighted by Gasteiger charge is 2.22. The van der Waals surface area contributed by atoms with Gasteiger partial charge in [0.2, 0.25) is 10.0 Å². The van der Waals surface area contributed by atoms with Crippen LogP contribution in [0.4, 0.5) is 15.8 Å². The van der Waals surface area contributed by atoms with Crippen LogP contribution < -0.4 is 15.2 Å². The molecular formula is C14H14FIN2O3S. The molecule has 2 aromatic rings. The predicted molar refractivity (Wildman–Crippen MR) is 91.5 cm³/mol. The topological polar surface area (TPSA) is 81.4 Å². The summed E-state index contributed by atoms with van der Waals surface area (Å²) in [5, 5.41) is 8.11. The zero-order valence-electron chi connectivity index (χ0n) is 11.9. The molecule has 0 aliphatic rings. The number of rotatable bonds is 4. The molecule has 0 aromatic heterocycles. The van der Waals surface area contributed by atoms with E-state index in [2.05, 4.69) is 27.9 Å². The number of hydrogen-bond acceptors (Lipinski definition) is 4. The van der Waals surface area contributed by atoms with E-state index in [1.54, 1.807) is 6.07 Å². The number of ether oxygens (including phenoxy) is 1. The molecule has 118 valence electrons. The van der Waals surface area contributed by atoms with Gasteiger partial charge in [-0.3, -0.25) is 0 Å². The van der Waals surface area contributed by atoms with Crippen molar-refractivity contribution in [3.8, 4) is 5.75 Å². The number of hydrogen-bond donors (Lipinski definition) is 2. The smallest absolute Gasteiger partial charge is 0.240 e. The zero-order chi connectivity index (χ0) is 16.5. The molecule has 0 saturated heterocycles. The van der Waals surface area contributed by atoms with E-state index < -0.39 is 15.8 Å². The fourth-order valence-corrected chi connectivity index (χ4v) is 3.33. The molecule has 0 spiro atoms. The average Bonchev–Trinajstić information content (AvgIpc) is 2.40. The van der Waals surface area contributed by atoms with E-state index in [0.717, 1.165) is 21.3 Å². The molecule has 0 aliphatic heterocycles. The first kappa shape index (κ1) is 17.0. The molecule has 2 rings (SSSR count). The van der Waals surface area contributed by atoms with Crippen molar-refractivity contribution in [3.63, 3.8) is 0 Å². The lowest BCUT2D eigenvalue weighted by molar-refractivity contribution is 0.387. The van der Waals surface area contributed by atoms with Crippen LogP contribution in [-0.4, -0.2) is 15.5 Å². The van der Waals surface area contributed by atoms with Crippen LogP contribution in [0.15, 0.2) is 35.2 Å². The molecule has 0 saturated carbocycles. The van der Waals surface area contributed by atoms with Crippen molar-refractivity contribution in [3.05, 3.63) is 45.3 Å². The first-order valence-electron chi connectivity index (χ1n) is 6.16. The van der Waals surface area contributed by atoms with Crippen molar-refractivity contribution < 1.29 is 17.5 Å². The maximum Gasteiger partial charge on any atom is 0.240 e. The zero-order valence-corrected chi connectivity index (χ0v) is 14.8. The van der Waals surface area contributed by atoms with Crippen LogP contribution in [0.2, 0.25) is 0 Å². The highest BCUT2D eigenvalue weighted by Crippen LogP contribution is 2.36. The van der Waals surface area contributed by atoms with Crippen molar-refractivity contribution >= 4 is 44.0 Å². The number of aryl methyl sites for hydroxylation is 1. The van der Waals surface area contributed by atoms with Gasteiger partial charge in [0.05, 0.1) is 7.11 Å².